The van der Waals surface area contributed by atoms with E-state index < -0.39 is 0 Å². The lowest BCUT2D eigenvalue weighted by atomic mass is 10.1. The average Bonchev–Trinajstić information content (AvgIpc) is 2.71. The molecule has 1 heterocycles. The Morgan fingerprint density at radius 2 is 2.27 bits per heavy atom. The van der Waals surface area contributed by atoms with Gasteiger partial charge in [-0.3, -0.25) is 0 Å². The van der Waals surface area contributed by atoms with Crippen LogP contribution in [0.3, 0.4) is 0 Å². The summed E-state index contributed by atoms with van der Waals surface area (Å²) >= 11 is 0. The molecule has 0 amide bonds. The summed E-state index contributed by atoms with van der Waals surface area (Å²) in [6.07, 6.45) is 0. The molecule has 1 aromatic carbocycles. The molecule has 3 nitrogen and oxygen atoms in total. The molecule has 1 aliphatic rings. The highest BCUT2D eigenvalue weighted by Crippen LogP contribution is 2.16. The van der Waals surface area contributed by atoms with Gasteiger partial charge in [-0.15, -0.1) is 0 Å². The predicted octanol–water partition coefficient (Wildman–Crippen LogP) is 1.86. The second-order valence-corrected chi connectivity index (χ2v) is 3.42. The van der Waals surface area contributed by atoms with E-state index in [9.17, 15) is 4.39 Å². The van der Waals surface area contributed by atoms with E-state index >= 15 is 0 Å². The molecule has 0 spiro atoms. The molecule has 0 fully saturated rings. The molecular weight excluding hydrogens is 195 g/mol. The number of nitrogens with zero attached hydrogens (tertiary/aromatic N) is 1. The van der Waals surface area contributed by atoms with Crippen molar-refractivity contribution in [1.82, 2.24) is 5.32 Å². The van der Waals surface area contributed by atoms with Crippen molar-refractivity contribution >= 4 is 6.02 Å². The van der Waals surface area contributed by atoms with E-state index in [4.69, 9.17) is 4.74 Å². The highest BCUT2D eigenvalue weighted by molar-refractivity contribution is 5.75. The van der Waals surface area contributed by atoms with Gasteiger partial charge in [-0.2, -0.15) is 0 Å². The zero-order valence-corrected chi connectivity index (χ0v) is 8.53. The van der Waals surface area contributed by atoms with Gasteiger partial charge < -0.3 is 10.1 Å². The van der Waals surface area contributed by atoms with Crippen LogP contribution in [0.4, 0.5) is 4.39 Å². The fourth-order valence-electron chi connectivity index (χ4n) is 1.51. The summed E-state index contributed by atoms with van der Waals surface area (Å²) in [6.45, 7) is 3.15. The summed E-state index contributed by atoms with van der Waals surface area (Å²) < 4.78 is 18.6. The molecule has 1 N–H and O–H groups in total. The molecular formula is C11H13FN2O. The van der Waals surface area contributed by atoms with Crippen LogP contribution in [0.5, 0.6) is 0 Å². The minimum atomic E-state index is -0.212. The molecule has 80 valence electrons. The van der Waals surface area contributed by atoms with E-state index in [-0.39, 0.29) is 11.9 Å². The fraction of sp³-hybridized carbons (Fsp3) is 0.364. The minimum absolute atomic E-state index is 0.136. The third-order valence-electron chi connectivity index (χ3n) is 2.30. The van der Waals surface area contributed by atoms with Crippen LogP contribution >= 0.6 is 0 Å². The number of halogens is 1. The zero-order valence-electron chi connectivity index (χ0n) is 8.53. The normalized spacial score (nSPS) is 16.8. The van der Waals surface area contributed by atoms with Gasteiger partial charge in [0.1, 0.15) is 12.4 Å². The Morgan fingerprint density at radius 1 is 1.47 bits per heavy atom. The first-order valence-electron chi connectivity index (χ1n) is 4.95. The van der Waals surface area contributed by atoms with Crippen molar-refractivity contribution in [3.63, 3.8) is 0 Å². The van der Waals surface area contributed by atoms with Crippen LogP contribution in [0.25, 0.3) is 0 Å². The molecule has 0 radical (unpaired) electrons. The molecule has 0 aromatic heterocycles. The molecule has 2 rings (SSSR count). The number of nitrogens with one attached hydrogen (secondary N) is 1. The third-order valence-corrected chi connectivity index (χ3v) is 2.30. The second kappa shape index (κ2) is 4.29. The van der Waals surface area contributed by atoms with Gasteiger partial charge in [0, 0.05) is 5.56 Å². The minimum Gasteiger partial charge on any atom is -0.463 e. The van der Waals surface area contributed by atoms with E-state index in [1.165, 1.54) is 6.07 Å². The number of hydrogen-bond acceptors (Lipinski definition) is 3. The zero-order chi connectivity index (χ0) is 10.7. The van der Waals surface area contributed by atoms with Crippen LogP contribution in [0.15, 0.2) is 29.3 Å². The molecule has 0 bridgehead atoms. The molecule has 0 aliphatic carbocycles. The van der Waals surface area contributed by atoms with E-state index in [0.29, 0.717) is 24.7 Å². The van der Waals surface area contributed by atoms with Crippen molar-refractivity contribution in [2.24, 2.45) is 4.99 Å². The van der Waals surface area contributed by atoms with Gasteiger partial charge in [0.2, 0.25) is 0 Å². The molecule has 0 unspecified atom stereocenters. The van der Waals surface area contributed by atoms with Crippen LogP contribution in [0.1, 0.15) is 18.5 Å². The molecule has 1 atom stereocenters. The number of rotatable bonds is 2. The number of benzene rings is 1. The monoisotopic (exact) mass is 208 g/mol. The lowest BCUT2D eigenvalue weighted by Crippen LogP contribution is -2.27. The maximum Gasteiger partial charge on any atom is 0.285 e. The van der Waals surface area contributed by atoms with Gasteiger partial charge in [0.05, 0.1) is 12.6 Å². The van der Waals surface area contributed by atoms with Crippen molar-refractivity contribution in [1.29, 1.82) is 0 Å². The quantitative estimate of drug-likeness (QED) is 0.804. The lowest BCUT2D eigenvalue weighted by molar-refractivity contribution is 0.326. The number of amidine groups is 1. The van der Waals surface area contributed by atoms with Crippen LogP contribution in [-0.2, 0) is 4.74 Å². The summed E-state index contributed by atoms with van der Waals surface area (Å²) in [7, 11) is 0. The van der Waals surface area contributed by atoms with Crippen LogP contribution in [-0.4, -0.2) is 19.2 Å². The Morgan fingerprint density at radius 3 is 2.93 bits per heavy atom. The Hall–Kier alpha value is -1.58. The van der Waals surface area contributed by atoms with Crippen LogP contribution in [0, 0.1) is 5.82 Å². The summed E-state index contributed by atoms with van der Waals surface area (Å²) in [5.41, 5.74) is 0.621. The third kappa shape index (κ3) is 2.26. The van der Waals surface area contributed by atoms with Gasteiger partial charge in [-0.25, -0.2) is 9.38 Å². The van der Waals surface area contributed by atoms with Crippen LogP contribution in [0.2, 0.25) is 0 Å². The molecule has 0 saturated carbocycles. The predicted molar refractivity (Wildman–Crippen MR) is 56.2 cm³/mol. The maximum atomic E-state index is 13.4. The number of aliphatic imine (C=N–C) groups is 1. The van der Waals surface area contributed by atoms with E-state index in [1.54, 1.807) is 12.1 Å². The van der Waals surface area contributed by atoms with Crippen molar-refractivity contribution in [3.8, 4) is 0 Å². The molecule has 4 heteroatoms. The van der Waals surface area contributed by atoms with Crippen LogP contribution < -0.4 is 5.32 Å². The smallest absolute Gasteiger partial charge is 0.285 e. The Kier molecular flexibility index (Phi) is 2.85. The van der Waals surface area contributed by atoms with E-state index in [2.05, 4.69) is 10.3 Å². The maximum absolute atomic E-state index is 13.4. The van der Waals surface area contributed by atoms with Gasteiger partial charge in [0.25, 0.3) is 6.02 Å². The van der Waals surface area contributed by atoms with E-state index in [1.807, 2.05) is 13.0 Å². The first-order valence-corrected chi connectivity index (χ1v) is 4.95. The average molecular weight is 208 g/mol. The second-order valence-electron chi connectivity index (χ2n) is 3.42. The largest absolute Gasteiger partial charge is 0.463 e. The first-order chi connectivity index (χ1) is 7.27. The number of ether oxygens (including phenoxy) is 1. The summed E-state index contributed by atoms with van der Waals surface area (Å²) in [4.78, 5) is 4.09. The van der Waals surface area contributed by atoms with Crippen molar-refractivity contribution in [2.45, 2.75) is 13.0 Å². The van der Waals surface area contributed by atoms with Crippen molar-refractivity contribution in [2.75, 3.05) is 13.2 Å². The summed E-state index contributed by atoms with van der Waals surface area (Å²) in [5.74, 6) is -0.212. The Balaban J connectivity index is 2.07. The summed E-state index contributed by atoms with van der Waals surface area (Å²) in [6, 6.07) is 7.06. The highest BCUT2D eigenvalue weighted by Gasteiger charge is 2.14. The van der Waals surface area contributed by atoms with E-state index in [0.717, 1.165) is 0 Å². The lowest BCUT2D eigenvalue weighted by Gasteiger charge is -2.15. The first kappa shape index (κ1) is 9.96. The Bertz CT molecular complexity index is 379. The molecule has 15 heavy (non-hydrogen) atoms. The van der Waals surface area contributed by atoms with Crippen molar-refractivity contribution in [3.05, 3.63) is 35.6 Å². The highest BCUT2D eigenvalue weighted by atomic mass is 19.1. The van der Waals surface area contributed by atoms with Gasteiger partial charge >= 0.3 is 0 Å². The van der Waals surface area contributed by atoms with Gasteiger partial charge in [0.15, 0.2) is 0 Å². The summed E-state index contributed by atoms with van der Waals surface area (Å²) in [5, 5.41) is 3.02. The van der Waals surface area contributed by atoms with Gasteiger partial charge in [-0.1, -0.05) is 18.2 Å². The fourth-order valence-corrected chi connectivity index (χ4v) is 1.51. The molecule has 1 aliphatic heterocycles. The van der Waals surface area contributed by atoms with Crippen molar-refractivity contribution < 1.29 is 9.13 Å². The SMILES string of the molecule is C[C@H](NC1=NCCO1)c1ccccc1F. The molecule has 0 saturated heterocycles. The topological polar surface area (TPSA) is 33.6 Å². The standard InChI is InChI=1S/C11H13FN2O/c1-8(14-11-13-6-7-15-11)9-4-2-3-5-10(9)12/h2-5,8H,6-7H2,1H3,(H,13,14)/t8-/m0/s1. The Labute approximate surface area is 88.0 Å². The number of hydrogen-bond donors (Lipinski definition) is 1. The molecule has 1 aromatic rings. The van der Waals surface area contributed by atoms with Gasteiger partial charge in [-0.05, 0) is 13.0 Å².